The molecule has 2 heterocycles. The average molecular weight is 261 g/mol. The van der Waals surface area contributed by atoms with Gasteiger partial charge in [-0.05, 0) is 37.9 Å². The van der Waals surface area contributed by atoms with Crippen LogP contribution in [0.1, 0.15) is 38.4 Å². The molecule has 0 amide bonds. The highest BCUT2D eigenvalue weighted by Gasteiger charge is 2.38. The fraction of sp³-hybridized carbons (Fsp3) is 0.533. The molecule has 3 rings (SSSR count). The van der Waals surface area contributed by atoms with Gasteiger partial charge in [0.25, 0.3) is 0 Å². The molecule has 1 saturated heterocycles. The van der Waals surface area contributed by atoms with Crippen LogP contribution in [-0.2, 0) is 12.6 Å². The lowest BCUT2D eigenvalue weighted by molar-refractivity contribution is 0.327. The van der Waals surface area contributed by atoms with E-state index in [1.54, 1.807) is 0 Å². The SMILES string of the molecule is CCCC1(c2nc3cc(F)ccc3n2C)CCCN1. The maximum Gasteiger partial charge on any atom is 0.130 e. The highest BCUT2D eigenvalue weighted by Crippen LogP contribution is 2.35. The molecular weight excluding hydrogens is 241 g/mol. The van der Waals surface area contributed by atoms with Crippen molar-refractivity contribution in [2.45, 2.75) is 38.1 Å². The summed E-state index contributed by atoms with van der Waals surface area (Å²) in [7, 11) is 2.03. The summed E-state index contributed by atoms with van der Waals surface area (Å²) in [6, 6.07) is 4.84. The summed E-state index contributed by atoms with van der Waals surface area (Å²) in [6.45, 7) is 3.24. The van der Waals surface area contributed by atoms with Crippen molar-refractivity contribution in [3.63, 3.8) is 0 Å². The molecule has 1 aromatic carbocycles. The fourth-order valence-corrected chi connectivity index (χ4v) is 3.35. The van der Waals surface area contributed by atoms with Gasteiger partial charge >= 0.3 is 0 Å². The Bertz CT molecular complexity index is 597. The summed E-state index contributed by atoms with van der Waals surface area (Å²) >= 11 is 0. The van der Waals surface area contributed by atoms with Gasteiger partial charge in [0.1, 0.15) is 11.6 Å². The molecule has 1 aliphatic heterocycles. The summed E-state index contributed by atoms with van der Waals surface area (Å²) in [4.78, 5) is 4.71. The molecule has 0 bridgehead atoms. The van der Waals surface area contributed by atoms with Crippen LogP contribution in [0.25, 0.3) is 11.0 Å². The Hall–Kier alpha value is -1.42. The van der Waals surface area contributed by atoms with Gasteiger partial charge in [0.2, 0.25) is 0 Å². The monoisotopic (exact) mass is 261 g/mol. The minimum Gasteiger partial charge on any atom is -0.330 e. The van der Waals surface area contributed by atoms with Gasteiger partial charge in [0.15, 0.2) is 0 Å². The third-order valence-electron chi connectivity index (χ3n) is 4.19. The lowest BCUT2D eigenvalue weighted by atomic mass is 9.91. The predicted octanol–water partition coefficient (Wildman–Crippen LogP) is 3.09. The first-order chi connectivity index (χ1) is 9.16. The Morgan fingerprint density at radius 2 is 2.32 bits per heavy atom. The zero-order chi connectivity index (χ0) is 13.5. The number of rotatable bonds is 3. The van der Waals surface area contributed by atoms with Crippen molar-refractivity contribution in [1.29, 1.82) is 0 Å². The molecule has 0 aliphatic carbocycles. The smallest absolute Gasteiger partial charge is 0.130 e. The standard InChI is InChI=1S/C15H20FN3/c1-3-7-15(8-4-9-17-15)14-18-12-10-11(16)5-6-13(12)19(14)2/h5-6,10,17H,3-4,7-9H2,1-2H3. The first-order valence-electron chi connectivity index (χ1n) is 7.04. The normalized spacial score (nSPS) is 23.3. The van der Waals surface area contributed by atoms with Crippen LogP contribution in [0.15, 0.2) is 18.2 Å². The molecule has 19 heavy (non-hydrogen) atoms. The minimum absolute atomic E-state index is 0.0288. The van der Waals surface area contributed by atoms with E-state index in [9.17, 15) is 4.39 Å². The Balaban J connectivity index is 2.15. The van der Waals surface area contributed by atoms with Gasteiger partial charge < -0.3 is 9.88 Å². The van der Waals surface area contributed by atoms with E-state index in [-0.39, 0.29) is 11.4 Å². The van der Waals surface area contributed by atoms with E-state index in [0.29, 0.717) is 0 Å². The number of nitrogens with one attached hydrogen (secondary N) is 1. The molecule has 1 aliphatic rings. The number of imidazole rings is 1. The van der Waals surface area contributed by atoms with Crippen molar-refractivity contribution >= 4 is 11.0 Å². The van der Waals surface area contributed by atoms with Gasteiger partial charge in [0.05, 0.1) is 16.6 Å². The van der Waals surface area contributed by atoms with E-state index in [4.69, 9.17) is 4.98 Å². The van der Waals surface area contributed by atoms with Gasteiger partial charge in [-0.2, -0.15) is 0 Å². The van der Waals surface area contributed by atoms with E-state index in [0.717, 1.165) is 42.7 Å². The number of aromatic nitrogens is 2. The highest BCUT2D eigenvalue weighted by atomic mass is 19.1. The van der Waals surface area contributed by atoms with Crippen LogP contribution < -0.4 is 5.32 Å². The highest BCUT2D eigenvalue weighted by molar-refractivity contribution is 5.76. The van der Waals surface area contributed by atoms with E-state index >= 15 is 0 Å². The summed E-state index contributed by atoms with van der Waals surface area (Å²) in [6.07, 6.45) is 4.48. The Labute approximate surface area is 112 Å². The van der Waals surface area contributed by atoms with E-state index in [1.807, 2.05) is 13.1 Å². The molecule has 4 heteroatoms. The van der Waals surface area contributed by atoms with Crippen LogP contribution in [0, 0.1) is 5.82 Å². The van der Waals surface area contributed by atoms with E-state index < -0.39 is 0 Å². The lowest BCUT2D eigenvalue weighted by Crippen LogP contribution is -2.39. The molecule has 3 nitrogen and oxygen atoms in total. The Morgan fingerprint density at radius 3 is 3.00 bits per heavy atom. The third-order valence-corrected chi connectivity index (χ3v) is 4.19. The topological polar surface area (TPSA) is 29.9 Å². The van der Waals surface area contributed by atoms with Gasteiger partial charge in [-0.15, -0.1) is 0 Å². The van der Waals surface area contributed by atoms with Crippen LogP contribution >= 0.6 is 0 Å². The van der Waals surface area contributed by atoms with Crippen LogP contribution in [-0.4, -0.2) is 16.1 Å². The van der Waals surface area contributed by atoms with Gasteiger partial charge in [-0.3, -0.25) is 0 Å². The van der Waals surface area contributed by atoms with Crippen molar-refractivity contribution in [1.82, 2.24) is 14.9 Å². The van der Waals surface area contributed by atoms with Crippen LogP contribution in [0.5, 0.6) is 0 Å². The fourth-order valence-electron chi connectivity index (χ4n) is 3.35. The molecular formula is C15H20FN3. The molecule has 1 aromatic heterocycles. The van der Waals surface area contributed by atoms with Crippen molar-refractivity contribution in [2.75, 3.05) is 6.54 Å². The average Bonchev–Trinajstić information content (AvgIpc) is 2.96. The summed E-state index contributed by atoms with van der Waals surface area (Å²) in [5.41, 5.74) is 1.72. The summed E-state index contributed by atoms with van der Waals surface area (Å²) in [5.74, 6) is 0.827. The number of nitrogens with zero attached hydrogens (tertiary/aromatic N) is 2. The number of aryl methyl sites for hydroxylation is 1. The Morgan fingerprint density at radius 1 is 1.47 bits per heavy atom. The summed E-state index contributed by atoms with van der Waals surface area (Å²) in [5, 5.41) is 3.63. The molecule has 102 valence electrons. The van der Waals surface area contributed by atoms with Crippen molar-refractivity contribution in [3.05, 3.63) is 29.8 Å². The Kier molecular flexibility index (Phi) is 3.05. The van der Waals surface area contributed by atoms with E-state index in [1.165, 1.54) is 18.6 Å². The first kappa shape index (κ1) is 12.6. The molecule has 1 atom stereocenters. The van der Waals surface area contributed by atoms with Gasteiger partial charge in [-0.25, -0.2) is 9.37 Å². The number of fused-ring (bicyclic) bond motifs is 1. The van der Waals surface area contributed by atoms with Crippen molar-refractivity contribution in [3.8, 4) is 0 Å². The molecule has 0 spiro atoms. The number of hydrogen-bond donors (Lipinski definition) is 1. The van der Waals surface area contributed by atoms with Gasteiger partial charge in [0, 0.05) is 13.1 Å². The number of halogens is 1. The first-order valence-corrected chi connectivity index (χ1v) is 7.04. The molecule has 1 N–H and O–H groups in total. The molecule has 1 fully saturated rings. The molecule has 1 unspecified atom stereocenters. The summed E-state index contributed by atoms with van der Waals surface area (Å²) < 4.78 is 15.4. The molecule has 2 aromatic rings. The maximum absolute atomic E-state index is 13.3. The van der Waals surface area contributed by atoms with Crippen LogP contribution in [0.4, 0.5) is 4.39 Å². The van der Waals surface area contributed by atoms with Crippen LogP contribution in [0.3, 0.4) is 0 Å². The van der Waals surface area contributed by atoms with Gasteiger partial charge in [-0.1, -0.05) is 13.3 Å². The van der Waals surface area contributed by atoms with Crippen molar-refractivity contribution in [2.24, 2.45) is 7.05 Å². The quantitative estimate of drug-likeness (QED) is 0.920. The minimum atomic E-state index is -0.221. The zero-order valence-electron chi connectivity index (χ0n) is 11.5. The number of benzene rings is 1. The second kappa shape index (κ2) is 4.60. The second-order valence-corrected chi connectivity index (χ2v) is 5.49. The lowest BCUT2D eigenvalue weighted by Gasteiger charge is -2.28. The second-order valence-electron chi connectivity index (χ2n) is 5.49. The third kappa shape index (κ3) is 1.94. The largest absolute Gasteiger partial charge is 0.330 e. The van der Waals surface area contributed by atoms with E-state index in [2.05, 4.69) is 16.8 Å². The van der Waals surface area contributed by atoms with Crippen molar-refractivity contribution < 1.29 is 4.39 Å². The molecule has 0 saturated carbocycles. The predicted molar refractivity (Wildman–Crippen MR) is 74.5 cm³/mol. The number of hydrogen-bond acceptors (Lipinski definition) is 2. The molecule has 0 radical (unpaired) electrons. The zero-order valence-corrected chi connectivity index (χ0v) is 11.5. The maximum atomic E-state index is 13.3. The van der Waals surface area contributed by atoms with Crippen LogP contribution in [0.2, 0.25) is 0 Å².